The topological polar surface area (TPSA) is 49.4 Å². The van der Waals surface area contributed by atoms with E-state index < -0.39 is 23.4 Å². The molecule has 2 rings (SSSR count). The molecule has 0 saturated carbocycles. The van der Waals surface area contributed by atoms with Gasteiger partial charge in [0.05, 0.1) is 5.56 Å². The lowest BCUT2D eigenvalue weighted by atomic mass is 10.1. The minimum atomic E-state index is -0.813. The van der Waals surface area contributed by atoms with Crippen LogP contribution in [0.4, 0.5) is 14.5 Å². The fourth-order valence-corrected chi connectivity index (χ4v) is 2.43. The minimum Gasteiger partial charge on any atom is -0.329 e. The van der Waals surface area contributed by atoms with E-state index in [2.05, 4.69) is 5.32 Å². The van der Waals surface area contributed by atoms with Crippen LogP contribution in [-0.2, 0) is 4.79 Å². The second kappa shape index (κ2) is 8.37. The van der Waals surface area contributed by atoms with Crippen molar-refractivity contribution < 1.29 is 18.4 Å². The molecule has 0 aliphatic rings. The first-order chi connectivity index (χ1) is 11.9. The summed E-state index contributed by atoms with van der Waals surface area (Å²) in [4.78, 5) is 26.0. The number of aryl methyl sites for hydroxylation is 1. The Morgan fingerprint density at radius 2 is 1.84 bits per heavy atom. The van der Waals surface area contributed by atoms with E-state index in [4.69, 9.17) is 0 Å². The third kappa shape index (κ3) is 4.86. The van der Waals surface area contributed by atoms with E-state index >= 15 is 0 Å². The van der Waals surface area contributed by atoms with Crippen molar-refractivity contribution in [1.29, 1.82) is 0 Å². The Morgan fingerprint density at radius 3 is 2.52 bits per heavy atom. The van der Waals surface area contributed by atoms with Crippen LogP contribution in [0.15, 0.2) is 42.5 Å². The maximum atomic E-state index is 13.8. The number of halogens is 2. The predicted molar refractivity (Wildman–Crippen MR) is 92.4 cm³/mol. The molecule has 0 aromatic heterocycles. The summed E-state index contributed by atoms with van der Waals surface area (Å²) in [6.45, 7) is 3.71. The zero-order valence-electron chi connectivity index (χ0n) is 14.2. The normalized spacial score (nSPS) is 10.4. The van der Waals surface area contributed by atoms with E-state index in [0.29, 0.717) is 12.1 Å². The predicted octanol–water partition coefficient (Wildman–Crippen LogP) is 3.76. The number of nitrogens with one attached hydrogen (secondary N) is 1. The van der Waals surface area contributed by atoms with Gasteiger partial charge in [-0.15, -0.1) is 0 Å². The molecule has 2 aromatic rings. The molecule has 0 fully saturated rings. The molecule has 0 aliphatic carbocycles. The summed E-state index contributed by atoms with van der Waals surface area (Å²) < 4.78 is 27.2. The molecule has 0 saturated heterocycles. The number of nitrogens with zero attached hydrogens (tertiary/aromatic N) is 1. The highest BCUT2D eigenvalue weighted by molar-refractivity contribution is 5.99. The molecular weight excluding hydrogens is 326 g/mol. The molecule has 0 heterocycles. The van der Waals surface area contributed by atoms with Gasteiger partial charge < -0.3 is 10.2 Å². The summed E-state index contributed by atoms with van der Waals surface area (Å²) in [5, 5.41) is 2.73. The Labute approximate surface area is 145 Å². The number of benzene rings is 2. The summed E-state index contributed by atoms with van der Waals surface area (Å²) in [6, 6.07) is 9.95. The fourth-order valence-electron chi connectivity index (χ4n) is 2.43. The first-order valence-corrected chi connectivity index (χ1v) is 8.02. The van der Waals surface area contributed by atoms with Gasteiger partial charge in [-0.25, -0.2) is 8.78 Å². The van der Waals surface area contributed by atoms with Crippen LogP contribution in [0.25, 0.3) is 0 Å². The van der Waals surface area contributed by atoms with E-state index in [1.807, 2.05) is 26.0 Å². The SMILES string of the molecule is CCCN(CC(=O)Nc1ccccc1C)C(=O)c1cc(F)ccc1F. The van der Waals surface area contributed by atoms with Gasteiger partial charge in [-0.2, -0.15) is 0 Å². The van der Waals surface area contributed by atoms with Crippen LogP contribution in [0, 0.1) is 18.6 Å². The van der Waals surface area contributed by atoms with Crippen molar-refractivity contribution in [2.45, 2.75) is 20.3 Å². The number of anilines is 1. The van der Waals surface area contributed by atoms with Crippen LogP contribution >= 0.6 is 0 Å². The third-order valence-electron chi connectivity index (χ3n) is 3.69. The van der Waals surface area contributed by atoms with Crippen molar-refractivity contribution in [2.24, 2.45) is 0 Å². The van der Waals surface area contributed by atoms with Crippen molar-refractivity contribution in [1.82, 2.24) is 4.90 Å². The van der Waals surface area contributed by atoms with Gasteiger partial charge in [-0.05, 0) is 43.2 Å². The molecule has 2 amide bonds. The first kappa shape index (κ1) is 18.6. The Hall–Kier alpha value is -2.76. The summed E-state index contributed by atoms with van der Waals surface area (Å²) in [5.41, 5.74) is 1.16. The van der Waals surface area contributed by atoms with Gasteiger partial charge in [0.2, 0.25) is 5.91 Å². The van der Waals surface area contributed by atoms with Crippen molar-refractivity contribution in [2.75, 3.05) is 18.4 Å². The van der Waals surface area contributed by atoms with Crippen LogP contribution < -0.4 is 5.32 Å². The maximum Gasteiger partial charge on any atom is 0.257 e. The molecule has 4 nitrogen and oxygen atoms in total. The minimum absolute atomic E-state index is 0.239. The van der Waals surface area contributed by atoms with Gasteiger partial charge in [0.25, 0.3) is 5.91 Å². The molecule has 25 heavy (non-hydrogen) atoms. The molecule has 0 unspecified atom stereocenters. The van der Waals surface area contributed by atoms with Crippen molar-refractivity contribution in [3.63, 3.8) is 0 Å². The number of para-hydroxylation sites is 1. The lowest BCUT2D eigenvalue weighted by Gasteiger charge is -2.22. The second-order valence-electron chi connectivity index (χ2n) is 5.71. The van der Waals surface area contributed by atoms with Gasteiger partial charge >= 0.3 is 0 Å². The molecule has 0 atom stereocenters. The quantitative estimate of drug-likeness (QED) is 0.866. The van der Waals surface area contributed by atoms with Gasteiger partial charge in [0, 0.05) is 12.2 Å². The number of carbonyl (C=O) groups excluding carboxylic acids is 2. The lowest BCUT2D eigenvalue weighted by Crippen LogP contribution is -2.39. The summed E-state index contributed by atoms with van der Waals surface area (Å²) >= 11 is 0. The smallest absolute Gasteiger partial charge is 0.257 e. The summed E-state index contributed by atoms with van der Waals surface area (Å²) in [7, 11) is 0. The van der Waals surface area contributed by atoms with Gasteiger partial charge in [-0.3, -0.25) is 9.59 Å². The van der Waals surface area contributed by atoms with E-state index in [1.165, 1.54) is 4.90 Å². The van der Waals surface area contributed by atoms with Crippen LogP contribution in [0.2, 0.25) is 0 Å². The molecule has 6 heteroatoms. The van der Waals surface area contributed by atoms with E-state index in [0.717, 1.165) is 23.8 Å². The highest BCUT2D eigenvalue weighted by Gasteiger charge is 2.22. The average Bonchev–Trinajstić information content (AvgIpc) is 2.58. The van der Waals surface area contributed by atoms with Gasteiger partial charge in [0.15, 0.2) is 0 Å². The maximum absolute atomic E-state index is 13.8. The van der Waals surface area contributed by atoms with Crippen LogP contribution in [-0.4, -0.2) is 29.8 Å². The third-order valence-corrected chi connectivity index (χ3v) is 3.69. The van der Waals surface area contributed by atoms with Crippen molar-refractivity contribution in [3.05, 3.63) is 65.2 Å². The van der Waals surface area contributed by atoms with E-state index in [9.17, 15) is 18.4 Å². The Bertz CT molecular complexity index is 778. The number of carbonyl (C=O) groups is 2. The van der Waals surface area contributed by atoms with Crippen molar-refractivity contribution >= 4 is 17.5 Å². The fraction of sp³-hybridized carbons (Fsp3) is 0.263. The highest BCUT2D eigenvalue weighted by atomic mass is 19.1. The Kier molecular flexibility index (Phi) is 6.22. The Morgan fingerprint density at radius 1 is 1.12 bits per heavy atom. The molecule has 1 N–H and O–H groups in total. The standard InChI is InChI=1S/C19H20F2N2O2/c1-3-10-23(19(25)15-11-14(20)8-9-16(15)21)12-18(24)22-17-7-5-4-6-13(17)2/h4-9,11H,3,10,12H2,1-2H3,(H,22,24). The lowest BCUT2D eigenvalue weighted by molar-refractivity contribution is -0.116. The first-order valence-electron chi connectivity index (χ1n) is 8.02. The number of hydrogen-bond acceptors (Lipinski definition) is 2. The molecular formula is C19H20F2N2O2. The van der Waals surface area contributed by atoms with Crippen LogP contribution in [0.3, 0.4) is 0 Å². The molecule has 132 valence electrons. The number of rotatable bonds is 6. The van der Waals surface area contributed by atoms with Gasteiger partial charge in [0.1, 0.15) is 18.2 Å². The molecule has 0 bridgehead atoms. The largest absolute Gasteiger partial charge is 0.329 e. The van der Waals surface area contributed by atoms with Crippen molar-refractivity contribution in [3.8, 4) is 0 Å². The molecule has 0 spiro atoms. The highest BCUT2D eigenvalue weighted by Crippen LogP contribution is 2.15. The summed E-state index contributed by atoms with van der Waals surface area (Å²) in [5.74, 6) is -2.62. The molecule has 2 aromatic carbocycles. The Balaban J connectivity index is 2.14. The monoisotopic (exact) mass is 346 g/mol. The zero-order chi connectivity index (χ0) is 18.4. The summed E-state index contributed by atoms with van der Waals surface area (Å²) in [6.07, 6.45) is 0.584. The second-order valence-corrected chi connectivity index (χ2v) is 5.71. The number of hydrogen-bond donors (Lipinski definition) is 1. The average molecular weight is 346 g/mol. The zero-order valence-corrected chi connectivity index (χ0v) is 14.2. The van der Waals surface area contributed by atoms with E-state index in [1.54, 1.807) is 12.1 Å². The van der Waals surface area contributed by atoms with Gasteiger partial charge in [-0.1, -0.05) is 25.1 Å². The molecule has 0 aliphatic heterocycles. The number of amides is 2. The van der Waals surface area contributed by atoms with E-state index in [-0.39, 0.29) is 18.7 Å². The van der Waals surface area contributed by atoms with Crippen LogP contribution in [0.1, 0.15) is 29.3 Å². The van der Waals surface area contributed by atoms with Crippen LogP contribution in [0.5, 0.6) is 0 Å². The molecule has 0 radical (unpaired) electrons.